The van der Waals surface area contributed by atoms with Crippen LogP contribution in [0.5, 0.6) is 0 Å². The summed E-state index contributed by atoms with van der Waals surface area (Å²) < 4.78 is 38.5. The number of nitrogens with two attached hydrogens (primary N) is 2. The minimum Gasteiger partial charge on any atom is -0.391 e. The van der Waals surface area contributed by atoms with E-state index < -0.39 is 36.7 Å². The molecule has 2 rings (SSSR count). The molecule has 3 atom stereocenters. The molecule has 1 aliphatic rings. The minimum absolute atomic E-state index is 0.0586. The molecule has 7 nitrogen and oxygen atoms in total. The number of aliphatic hydroxyl groups is 1. The number of hydrogen-bond acceptors (Lipinski definition) is 5. The first-order valence-corrected chi connectivity index (χ1v) is 6.38. The summed E-state index contributed by atoms with van der Waals surface area (Å²) in [5.41, 5.74) is 10.7. The molecule has 1 heterocycles. The Balaban J connectivity index is 2.28. The Morgan fingerprint density at radius 1 is 1.43 bits per heavy atom. The topological polar surface area (TPSA) is 120 Å². The molecule has 1 aromatic heterocycles. The number of rotatable bonds is 4. The second-order valence-electron chi connectivity index (χ2n) is 5.20. The van der Waals surface area contributed by atoms with Gasteiger partial charge < -0.3 is 16.6 Å². The summed E-state index contributed by atoms with van der Waals surface area (Å²) in [5, 5.41) is 13.3. The zero-order chi connectivity index (χ0) is 15.8. The Kier molecular flexibility index (Phi) is 4.19. The molecule has 0 radical (unpaired) electrons. The molecule has 118 valence electrons. The lowest BCUT2D eigenvalue weighted by Crippen LogP contribution is -2.28. The van der Waals surface area contributed by atoms with Gasteiger partial charge in [-0.3, -0.25) is 4.79 Å². The number of aromatic nitrogens is 3. The lowest BCUT2D eigenvalue weighted by molar-refractivity contribution is -0.143. The molecule has 5 N–H and O–H groups in total. The number of primary amides is 1. The normalized spacial score (nSPS) is 26.2. The Hall–Kier alpha value is -1.68. The highest BCUT2D eigenvalue weighted by molar-refractivity contribution is 5.75. The summed E-state index contributed by atoms with van der Waals surface area (Å²) in [6.07, 6.45) is -5.06. The van der Waals surface area contributed by atoms with Crippen molar-refractivity contribution in [2.75, 3.05) is 0 Å². The van der Waals surface area contributed by atoms with Crippen LogP contribution in [-0.2, 0) is 17.8 Å². The average molecular weight is 307 g/mol. The van der Waals surface area contributed by atoms with Crippen LogP contribution in [0, 0.1) is 0 Å². The van der Waals surface area contributed by atoms with Gasteiger partial charge in [-0.2, -0.15) is 18.3 Å². The molecule has 0 unspecified atom stereocenters. The van der Waals surface area contributed by atoms with Crippen LogP contribution in [0.1, 0.15) is 30.4 Å². The van der Waals surface area contributed by atoms with Gasteiger partial charge in [-0.1, -0.05) is 0 Å². The van der Waals surface area contributed by atoms with Crippen molar-refractivity contribution in [2.24, 2.45) is 11.5 Å². The number of amides is 1. The van der Waals surface area contributed by atoms with E-state index in [2.05, 4.69) is 10.1 Å². The standard InChI is InChI=1S/C11H16F3N5O2/c12-11(13,14)4-19-10(5-1-6(15)7(20)2-5)17-9(18-19)3-8(16)21/h5-7,20H,1-4,15H2,(H2,16,21)/t5-,6-,7-/m0/s1. The van der Waals surface area contributed by atoms with E-state index in [1.165, 1.54) is 0 Å². The van der Waals surface area contributed by atoms with Crippen LogP contribution < -0.4 is 11.5 Å². The van der Waals surface area contributed by atoms with Crippen molar-refractivity contribution >= 4 is 5.91 Å². The number of carbonyl (C=O) groups excluding carboxylic acids is 1. The van der Waals surface area contributed by atoms with E-state index in [0.29, 0.717) is 11.1 Å². The zero-order valence-corrected chi connectivity index (χ0v) is 11.0. The minimum atomic E-state index is -4.47. The SMILES string of the molecule is NC(=O)Cc1nc([C@H]2C[C@H](N)[C@@H](O)C2)n(CC(F)(F)F)n1. The van der Waals surface area contributed by atoms with Crippen molar-refractivity contribution < 1.29 is 23.1 Å². The van der Waals surface area contributed by atoms with Crippen molar-refractivity contribution in [3.63, 3.8) is 0 Å². The number of alkyl halides is 3. The fraction of sp³-hybridized carbons (Fsp3) is 0.727. The molecule has 10 heteroatoms. The second-order valence-corrected chi connectivity index (χ2v) is 5.20. The van der Waals surface area contributed by atoms with Crippen molar-refractivity contribution in [3.05, 3.63) is 11.6 Å². The van der Waals surface area contributed by atoms with Crippen LogP contribution >= 0.6 is 0 Å². The summed E-state index contributed by atoms with van der Waals surface area (Å²) in [5.74, 6) is -1.13. The van der Waals surface area contributed by atoms with Crippen molar-refractivity contribution in [3.8, 4) is 0 Å². The van der Waals surface area contributed by atoms with Gasteiger partial charge in [-0.25, -0.2) is 9.67 Å². The molecule has 0 saturated heterocycles. The van der Waals surface area contributed by atoms with Gasteiger partial charge in [0.25, 0.3) is 0 Å². The number of halogens is 3. The molecule has 0 spiro atoms. The van der Waals surface area contributed by atoms with Gasteiger partial charge in [0.05, 0.1) is 12.5 Å². The highest BCUT2D eigenvalue weighted by Crippen LogP contribution is 2.33. The third kappa shape index (κ3) is 3.91. The van der Waals surface area contributed by atoms with Gasteiger partial charge in [-0.15, -0.1) is 0 Å². The lowest BCUT2D eigenvalue weighted by atomic mass is 10.1. The maximum absolute atomic E-state index is 12.6. The van der Waals surface area contributed by atoms with Gasteiger partial charge >= 0.3 is 6.18 Å². The van der Waals surface area contributed by atoms with Crippen molar-refractivity contribution in [1.82, 2.24) is 14.8 Å². The van der Waals surface area contributed by atoms with E-state index in [4.69, 9.17) is 11.5 Å². The Morgan fingerprint density at radius 2 is 2.10 bits per heavy atom. The molecule has 0 aliphatic heterocycles. The molecule has 0 aromatic carbocycles. The average Bonchev–Trinajstić information content (AvgIpc) is 2.81. The highest BCUT2D eigenvalue weighted by Gasteiger charge is 2.37. The van der Waals surface area contributed by atoms with Gasteiger partial charge in [0.15, 0.2) is 5.82 Å². The van der Waals surface area contributed by atoms with Crippen molar-refractivity contribution in [2.45, 2.75) is 50.0 Å². The first-order chi connectivity index (χ1) is 9.65. The maximum atomic E-state index is 12.6. The molecular formula is C11H16F3N5O2. The summed E-state index contributed by atoms with van der Waals surface area (Å²) in [4.78, 5) is 14.8. The van der Waals surface area contributed by atoms with E-state index in [0.717, 1.165) is 0 Å². The monoisotopic (exact) mass is 307 g/mol. The number of aliphatic hydroxyl groups excluding tert-OH is 1. The van der Waals surface area contributed by atoms with Gasteiger partial charge in [0, 0.05) is 12.0 Å². The first-order valence-electron chi connectivity index (χ1n) is 6.38. The number of carbonyl (C=O) groups is 1. The summed E-state index contributed by atoms with van der Waals surface area (Å²) in [6.45, 7) is -1.31. The van der Waals surface area contributed by atoms with Crippen LogP contribution in [0.25, 0.3) is 0 Å². The van der Waals surface area contributed by atoms with Crippen LogP contribution in [0.3, 0.4) is 0 Å². The molecule has 1 aromatic rings. The van der Waals surface area contributed by atoms with E-state index in [9.17, 15) is 23.1 Å². The third-order valence-corrected chi connectivity index (χ3v) is 3.35. The predicted octanol–water partition coefficient (Wildman–Crippen LogP) is -0.566. The summed E-state index contributed by atoms with van der Waals surface area (Å²) >= 11 is 0. The van der Waals surface area contributed by atoms with E-state index >= 15 is 0 Å². The molecule has 21 heavy (non-hydrogen) atoms. The van der Waals surface area contributed by atoms with Crippen LogP contribution in [0.2, 0.25) is 0 Å². The molecular weight excluding hydrogens is 291 g/mol. The lowest BCUT2D eigenvalue weighted by Gasteiger charge is -2.12. The molecule has 1 saturated carbocycles. The zero-order valence-electron chi connectivity index (χ0n) is 11.0. The Morgan fingerprint density at radius 3 is 2.57 bits per heavy atom. The first kappa shape index (κ1) is 15.7. The fourth-order valence-electron chi connectivity index (χ4n) is 2.48. The van der Waals surface area contributed by atoms with E-state index in [-0.39, 0.29) is 24.5 Å². The summed E-state index contributed by atoms with van der Waals surface area (Å²) in [6, 6.07) is -0.509. The van der Waals surface area contributed by atoms with E-state index in [1.54, 1.807) is 0 Å². The molecule has 0 bridgehead atoms. The quantitative estimate of drug-likeness (QED) is 0.688. The smallest absolute Gasteiger partial charge is 0.391 e. The fourth-order valence-corrected chi connectivity index (χ4v) is 2.48. The van der Waals surface area contributed by atoms with Crippen molar-refractivity contribution in [1.29, 1.82) is 0 Å². The Bertz CT molecular complexity index is 520. The number of hydrogen-bond donors (Lipinski definition) is 3. The number of nitrogens with zero attached hydrogens (tertiary/aromatic N) is 3. The van der Waals surface area contributed by atoms with Crippen LogP contribution in [0.15, 0.2) is 0 Å². The third-order valence-electron chi connectivity index (χ3n) is 3.35. The summed E-state index contributed by atoms with van der Waals surface area (Å²) in [7, 11) is 0. The molecule has 1 aliphatic carbocycles. The maximum Gasteiger partial charge on any atom is 0.408 e. The van der Waals surface area contributed by atoms with Gasteiger partial charge in [0.1, 0.15) is 12.4 Å². The Labute approximate surface area is 118 Å². The molecule has 1 amide bonds. The second kappa shape index (κ2) is 5.60. The van der Waals surface area contributed by atoms with Crippen LogP contribution in [-0.4, -0.2) is 44.1 Å². The van der Waals surface area contributed by atoms with Crippen LogP contribution in [0.4, 0.5) is 13.2 Å². The van der Waals surface area contributed by atoms with Gasteiger partial charge in [-0.05, 0) is 12.8 Å². The molecule has 1 fully saturated rings. The van der Waals surface area contributed by atoms with E-state index in [1.807, 2.05) is 0 Å². The largest absolute Gasteiger partial charge is 0.408 e. The predicted molar refractivity (Wildman–Crippen MR) is 64.9 cm³/mol. The highest BCUT2D eigenvalue weighted by atomic mass is 19.4. The van der Waals surface area contributed by atoms with Gasteiger partial charge in [0.2, 0.25) is 5.91 Å².